The van der Waals surface area contributed by atoms with Gasteiger partial charge in [-0.05, 0) is 18.3 Å². The molecule has 1 saturated carbocycles. The molecule has 1 aliphatic carbocycles. The Balaban J connectivity index is 1.43. The van der Waals surface area contributed by atoms with Crippen molar-refractivity contribution in [1.82, 2.24) is 15.1 Å². The number of rotatable bonds is 4. The van der Waals surface area contributed by atoms with Crippen molar-refractivity contribution < 1.29 is 18.3 Å². The lowest BCUT2D eigenvalue weighted by molar-refractivity contribution is -0.124. The molecule has 0 radical (unpaired) electrons. The van der Waals surface area contributed by atoms with Crippen LogP contribution in [0.1, 0.15) is 33.1 Å². The van der Waals surface area contributed by atoms with Gasteiger partial charge >= 0.3 is 0 Å². The molecule has 3 fully saturated rings. The highest BCUT2D eigenvalue weighted by molar-refractivity contribution is 7.91. The lowest BCUT2D eigenvalue weighted by Gasteiger charge is -2.39. The van der Waals surface area contributed by atoms with Gasteiger partial charge in [0.25, 0.3) is 0 Å². The second-order valence-electron chi connectivity index (χ2n) is 8.47. The molecule has 1 amide bonds. The van der Waals surface area contributed by atoms with Crippen molar-refractivity contribution in [2.75, 3.05) is 44.2 Å². The maximum Gasteiger partial charge on any atom is 0.234 e. The predicted molar refractivity (Wildman–Crippen MR) is 101 cm³/mol. The van der Waals surface area contributed by atoms with Gasteiger partial charge in [0, 0.05) is 32.2 Å². The van der Waals surface area contributed by atoms with Gasteiger partial charge in [-0.25, -0.2) is 8.42 Å². The van der Waals surface area contributed by atoms with E-state index in [9.17, 15) is 18.3 Å². The second-order valence-corrected chi connectivity index (χ2v) is 10.6. The highest BCUT2D eigenvalue weighted by Crippen LogP contribution is 2.29. The Morgan fingerprint density at radius 1 is 1.12 bits per heavy atom. The van der Waals surface area contributed by atoms with E-state index in [4.69, 9.17) is 0 Å². The van der Waals surface area contributed by atoms with Crippen molar-refractivity contribution in [3.63, 3.8) is 0 Å². The molecule has 3 aliphatic rings. The fraction of sp³-hybridized carbons (Fsp3) is 0.944. The fourth-order valence-electron chi connectivity index (χ4n) is 4.65. The van der Waals surface area contributed by atoms with Gasteiger partial charge in [0.1, 0.15) is 0 Å². The number of aliphatic hydroxyl groups is 1. The molecule has 0 unspecified atom stereocenters. The van der Waals surface area contributed by atoms with Crippen molar-refractivity contribution >= 4 is 15.7 Å². The van der Waals surface area contributed by atoms with Crippen molar-refractivity contribution in [3.05, 3.63) is 0 Å². The first-order valence-corrected chi connectivity index (χ1v) is 11.7. The van der Waals surface area contributed by atoms with Gasteiger partial charge in [-0.2, -0.15) is 0 Å². The van der Waals surface area contributed by atoms with E-state index in [2.05, 4.69) is 29.0 Å². The Morgan fingerprint density at radius 3 is 2.42 bits per heavy atom. The van der Waals surface area contributed by atoms with Crippen molar-refractivity contribution in [3.8, 4) is 0 Å². The number of carbonyl (C=O) groups excluding carboxylic acids is 1. The Morgan fingerprint density at radius 2 is 1.81 bits per heavy atom. The fourth-order valence-corrected chi connectivity index (χ4v) is 6.49. The molecule has 150 valence electrons. The van der Waals surface area contributed by atoms with Crippen LogP contribution >= 0.6 is 0 Å². The molecular formula is C18H33N3O4S. The van der Waals surface area contributed by atoms with Gasteiger partial charge in [-0.15, -0.1) is 0 Å². The van der Waals surface area contributed by atoms with Crippen LogP contribution in [0.2, 0.25) is 0 Å². The number of nitrogens with zero attached hydrogens (tertiary/aromatic N) is 2. The number of carbonyl (C=O) groups is 1. The summed E-state index contributed by atoms with van der Waals surface area (Å²) in [6, 6.07) is -0.00747. The van der Waals surface area contributed by atoms with Gasteiger partial charge in [0.15, 0.2) is 9.84 Å². The summed E-state index contributed by atoms with van der Waals surface area (Å²) in [5, 5.41) is 13.2. The minimum absolute atomic E-state index is 0.0480. The third-order valence-electron chi connectivity index (χ3n) is 6.59. The molecule has 2 heterocycles. The smallest absolute Gasteiger partial charge is 0.234 e. The molecule has 0 aromatic heterocycles. The molecule has 5 atom stereocenters. The van der Waals surface area contributed by atoms with Crippen LogP contribution in [0.25, 0.3) is 0 Å². The summed E-state index contributed by atoms with van der Waals surface area (Å²) in [4.78, 5) is 16.6. The summed E-state index contributed by atoms with van der Waals surface area (Å²) in [6.07, 6.45) is 2.71. The topological polar surface area (TPSA) is 90.0 Å². The average molecular weight is 388 g/mol. The van der Waals surface area contributed by atoms with Crippen LogP contribution in [0.3, 0.4) is 0 Å². The minimum atomic E-state index is -3.12. The van der Waals surface area contributed by atoms with Gasteiger partial charge in [0.2, 0.25) is 5.91 Å². The lowest BCUT2D eigenvalue weighted by Crippen LogP contribution is -2.55. The van der Waals surface area contributed by atoms with Crippen molar-refractivity contribution in [2.24, 2.45) is 11.8 Å². The normalized spacial score (nSPS) is 39.0. The molecule has 0 aromatic carbocycles. The zero-order chi connectivity index (χ0) is 18.9. The number of sulfone groups is 1. The first-order chi connectivity index (χ1) is 12.2. The van der Waals surface area contributed by atoms with Gasteiger partial charge in [-0.1, -0.05) is 26.7 Å². The number of hydrogen-bond donors (Lipinski definition) is 2. The highest BCUT2D eigenvalue weighted by atomic mass is 32.2. The van der Waals surface area contributed by atoms with Crippen LogP contribution in [-0.2, 0) is 14.6 Å². The van der Waals surface area contributed by atoms with E-state index in [0.717, 1.165) is 19.5 Å². The molecule has 0 aromatic rings. The maximum absolute atomic E-state index is 12.4. The van der Waals surface area contributed by atoms with Crippen LogP contribution in [0.5, 0.6) is 0 Å². The molecule has 2 aliphatic heterocycles. The summed E-state index contributed by atoms with van der Waals surface area (Å²) in [5.74, 6) is 1.19. The van der Waals surface area contributed by atoms with E-state index < -0.39 is 15.9 Å². The lowest BCUT2D eigenvalue weighted by atomic mass is 9.78. The first kappa shape index (κ1) is 20.0. The SMILES string of the molecule is C[C@@H]1[C@H](C)CCC[C@@H]1NC(=O)CN1CCN([C@@H]2CS(=O)(=O)C[C@@H]2O)CC1. The molecule has 8 heteroatoms. The average Bonchev–Trinajstić information content (AvgIpc) is 2.85. The van der Waals surface area contributed by atoms with Crippen molar-refractivity contribution in [2.45, 2.75) is 51.3 Å². The third kappa shape index (κ3) is 4.77. The summed E-state index contributed by atoms with van der Waals surface area (Å²) >= 11 is 0. The Bertz CT molecular complexity index is 604. The molecule has 0 spiro atoms. The number of aliphatic hydroxyl groups excluding tert-OH is 1. The van der Waals surface area contributed by atoms with E-state index in [1.165, 1.54) is 12.8 Å². The first-order valence-electron chi connectivity index (χ1n) is 9.89. The molecule has 2 saturated heterocycles. The summed E-state index contributed by atoms with van der Waals surface area (Å²) in [5.41, 5.74) is 0. The van der Waals surface area contributed by atoms with E-state index >= 15 is 0 Å². The predicted octanol–water partition coefficient (Wildman–Crippen LogP) is -0.297. The molecule has 3 rings (SSSR count). The van der Waals surface area contributed by atoms with E-state index in [1.807, 2.05) is 0 Å². The molecule has 7 nitrogen and oxygen atoms in total. The van der Waals surface area contributed by atoms with Gasteiger partial charge in [-0.3, -0.25) is 14.6 Å². The molecule has 26 heavy (non-hydrogen) atoms. The number of amides is 1. The zero-order valence-corrected chi connectivity index (χ0v) is 16.7. The molecule has 0 bridgehead atoms. The van der Waals surface area contributed by atoms with E-state index in [0.29, 0.717) is 31.5 Å². The second kappa shape index (κ2) is 8.12. The van der Waals surface area contributed by atoms with E-state index in [1.54, 1.807) is 0 Å². The number of nitrogens with one attached hydrogen (secondary N) is 1. The number of piperazine rings is 1. The zero-order valence-electron chi connectivity index (χ0n) is 15.9. The largest absolute Gasteiger partial charge is 0.390 e. The standard InChI is InChI=1S/C18H33N3O4S/c1-13-4-3-5-15(14(13)2)19-18(23)10-20-6-8-21(9-7-20)16-11-26(24,25)12-17(16)22/h13-17,22H,3-12H2,1-2H3,(H,19,23)/t13-,14-,15+,16-,17+/m1/s1. The highest BCUT2D eigenvalue weighted by Gasteiger charge is 2.40. The monoisotopic (exact) mass is 387 g/mol. The minimum Gasteiger partial charge on any atom is -0.390 e. The Hall–Kier alpha value is -0.700. The summed E-state index contributed by atoms with van der Waals surface area (Å²) in [7, 11) is -3.12. The van der Waals surface area contributed by atoms with Gasteiger partial charge in [0.05, 0.1) is 30.2 Å². The summed E-state index contributed by atoms with van der Waals surface area (Å²) < 4.78 is 23.4. The molecular weight excluding hydrogens is 354 g/mol. The Kier molecular flexibility index (Phi) is 6.26. The van der Waals surface area contributed by atoms with Crippen LogP contribution in [0, 0.1) is 11.8 Å². The van der Waals surface area contributed by atoms with Gasteiger partial charge < -0.3 is 10.4 Å². The third-order valence-corrected chi connectivity index (χ3v) is 8.29. The Labute approximate surface area is 157 Å². The van der Waals surface area contributed by atoms with Crippen LogP contribution in [0.4, 0.5) is 0 Å². The van der Waals surface area contributed by atoms with E-state index in [-0.39, 0.29) is 29.5 Å². The van der Waals surface area contributed by atoms with Crippen LogP contribution in [0.15, 0.2) is 0 Å². The quantitative estimate of drug-likeness (QED) is 0.689. The maximum atomic E-state index is 12.4. The van der Waals surface area contributed by atoms with Crippen LogP contribution in [-0.4, -0.2) is 91.6 Å². The van der Waals surface area contributed by atoms with Crippen LogP contribution < -0.4 is 5.32 Å². The van der Waals surface area contributed by atoms with Crippen molar-refractivity contribution in [1.29, 1.82) is 0 Å². The summed E-state index contributed by atoms with van der Waals surface area (Å²) in [6.45, 7) is 7.74. The number of hydrogen-bond acceptors (Lipinski definition) is 6. The molecule has 2 N–H and O–H groups in total.